The van der Waals surface area contributed by atoms with Crippen LogP contribution in [0.4, 0.5) is 0 Å². The monoisotopic (exact) mass is 408 g/mol. The first-order valence-electron chi connectivity index (χ1n) is 4.89. The van der Waals surface area contributed by atoms with Gasteiger partial charge in [-0.1, -0.05) is 23.2 Å². The van der Waals surface area contributed by atoms with E-state index in [9.17, 15) is 0 Å². The first kappa shape index (κ1) is 12.6. The van der Waals surface area contributed by atoms with Crippen LogP contribution in [0.1, 0.15) is 0 Å². The van der Waals surface area contributed by atoms with Crippen LogP contribution in [0.15, 0.2) is 33.2 Å². The third kappa shape index (κ3) is 2.01. The summed E-state index contributed by atoms with van der Waals surface area (Å²) in [7, 11) is 0. The lowest BCUT2D eigenvalue weighted by molar-refractivity contribution is 0.357. The van der Waals surface area contributed by atoms with Crippen LogP contribution in [0.2, 0.25) is 10.0 Å². The zero-order chi connectivity index (χ0) is 12.9. The maximum Gasteiger partial charge on any atom is 0.185 e. The second-order valence-corrected chi connectivity index (χ2v) is 6.07. The smallest absolute Gasteiger partial charge is 0.185 e. The van der Waals surface area contributed by atoms with Gasteiger partial charge >= 0.3 is 0 Å². The third-order valence-electron chi connectivity index (χ3n) is 2.43. The number of fused-ring (bicyclic) bond motifs is 2. The first-order valence-corrected chi connectivity index (χ1v) is 7.23. The van der Waals surface area contributed by atoms with Crippen LogP contribution in [-0.2, 0) is 0 Å². The average Bonchev–Trinajstić information content (AvgIpc) is 2.34. The van der Waals surface area contributed by atoms with Gasteiger partial charge in [-0.3, -0.25) is 0 Å². The molecular weight excluding hydrogens is 407 g/mol. The Morgan fingerprint density at radius 3 is 2.11 bits per heavy atom. The Kier molecular flexibility index (Phi) is 3.22. The van der Waals surface area contributed by atoms with E-state index in [-0.39, 0.29) is 0 Å². The summed E-state index contributed by atoms with van der Waals surface area (Å²) in [5.41, 5.74) is 0. The minimum absolute atomic E-state index is 0.425. The lowest BCUT2D eigenvalue weighted by Crippen LogP contribution is -2.00. The van der Waals surface area contributed by atoms with Gasteiger partial charge in [-0.2, -0.15) is 0 Å². The molecule has 1 aliphatic rings. The molecule has 2 aromatic carbocycles. The van der Waals surface area contributed by atoms with E-state index in [4.69, 9.17) is 32.7 Å². The third-order valence-corrected chi connectivity index (χ3v) is 5.13. The van der Waals surface area contributed by atoms with Gasteiger partial charge in [-0.15, -0.1) is 0 Å². The van der Waals surface area contributed by atoms with E-state index < -0.39 is 0 Å². The van der Waals surface area contributed by atoms with E-state index in [1.54, 1.807) is 12.1 Å². The number of ether oxygens (including phenoxy) is 2. The molecule has 6 heteroatoms. The van der Waals surface area contributed by atoms with Gasteiger partial charge in [-0.25, -0.2) is 0 Å². The number of benzene rings is 2. The van der Waals surface area contributed by atoms with E-state index in [0.29, 0.717) is 33.0 Å². The minimum Gasteiger partial charge on any atom is -0.449 e. The molecular formula is C12H4Br2Cl2O2. The highest BCUT2D eigenvalue weighted by Gasteiger charge is 2.23. The first-order chi connectivity index (χ1) is 8.56. The molecule has 0 saturated carbocycles. The van der Waals surface area contributed by atoms with Gasteiger partial charge in [0.05, 0.1) is 14.5 Å². The minimum atomic E-state index is 0.425. The van der Waals surface area contributed by atoms with Crippen LogP contribution in [0, 0.1) is 0 Å². The maximum absolute atomic E-state index is 5.96. The Morgan fingerprint density at radius 1 is 0.833 bits per heavy atom. The molecule has 0 radical (unpaired) electrons. The topological polar surface area (TPSA) is 18.5 Å². The van der Waals surface area contributed by atoms with Crippen molar-refractivity contribution in [1.29, 1.82) is 0 Å². The number of halogens is 4. The standard InChI is InChI=1S/C12H4Br2Cl2O2/c13-5-1-2-8-12(11(5)14)18-10-4-7(16)6(15)3-9(10)17-8/h1-4H. The molecule has 0 N–H and O–H groups in total. The molecule has 18 heavy (non-hydrogen) atoms. The molecule has 1 aliphatic heterocycles. The zero-order valence-corrected chi connectivity index (χ0v) is 13.3. The van der Waals surface area contributed by atoms with E-state index in [1.165, 1.54) is 0 Å². The summed E-state index contributed by atoms with van der Waals surface area (Å²) in [6.07, 6.45) is 0. The summed E-state index contributed by atoms with van der Waals surface area (Å²) in [5, 5.41) is 0.854. The number of hydrogen-bond donors (Lipinski definition) is 0. The second-order valence-electron chi connectivity index (χ2n) is 3.61. The Balaban J connectivity index is 2.15. The molecule has 92 valence electrons. The maximum atomic E-state index is 5.96. The van der Waals surface area contributed by atoms with Crippen LogP contribution in [0.5, 0.6) is 23.0 Å². The summed E-state index contributed by atoms with van der Waals surface area (Å²) in [4.78, 5) is 0. The summed E-state index contributed by atoms with van der Waals surface area (Å²) < 4.78 is 13.2. The van der Waals surface area contributed by atoms with E-state index in [2.05, 4.69) is 31.9 Å². The van der Waals surface area contributed by atoms with Crippen molar-refractivity contribution in [3.8, 4) is 23.0 Å². The summed E-state index contributed by atoms with van der Waals surface area (Å²) in [5.74, 6) is 2.31. The second kappa shape index (κ2) is 4.60. The van der Waals surface area contributed by atoms with Gasteiger partial charge in [0.15, 0.2) is 23.0 Å². The molecule has 0 fully saturated rings. The Bertz CT molecular complexity index is 659. The predicted octanol–water partition coefficient (Wildman–Crippen LogP) is 6.42. The molecule has 2 nitrogen and oxygen atoms in total. The highest BCUT2D eigenvalue weighted by atomic mass is 79.9. The van der Waals surface area contributed by atoms with E-state index >= 15 is 0 Å². The predicted molar refractivity (Wildman–Crippen MR) is 78.5 cm³/mol. The van der Waals surface area contributed by atoms with Crippen molar-refractivity contribution in [1.82, 2.24) is 0 Å². The van der Waals surface area contributed by atoms with Crippen molar-refractivity contribution in [2.24, 2.45) is 0 Å². The van der Waals surface area contributed by atoms with Crippen molar-refractivity contribution >= 4 is 55.1 Å². The van der Waals surface area contributed by atoms with Crippen molar-refractivity contribution in [3.63, 3.8) is 0 Å². The summed E-state index contributed by atoms with van der Waals surface area (Å²) >= 11 is 18.8. The number of hydrogen-bond acceptors (Lipinski definition) is 2. The van der Waals surface area contributed by atoms with Gasteiger partial charge in [-0.05, 0) is 44.0 Å². The molecule has 2 aromatic rings. The van der Waals surface area contributed by atoms with Crippen LogP contribution in [0.3, 0.4) is 0 Å². The molecule has 0 spiro atoms. The molecule has 3 rings (SSSR count). The molecule has 0 bridgehead atoms. The molecule has 1 heterocycles. The highest BCUT2D eigenvalue weighted by Crippen LogP contribution is 2.51. The van der Waals surface area contributed by atoms with Crippen LogP contribution in [0.25, 0.3) is 0 Å². The lowest BCUT2D eigenvalue weighted by Gasteiger charge is -2.22. The zero-order valence-electron chi connectivity index (χ0n) is 8.64. The molecule has 0 atom stereocenters. The summed E-state index contributed by atoms with van der Waals surface area (Å²) in [6, 6.07) is 6.96. The Labute approximate surface area is 130 Å². The van der Waals surface area contributed by atoms with Crippen molar-refractivity contribution < 1.29 is 9.47 Å². The quantitative estimate of drug-likeness (QED) is 0.426. The summed E-state index contributed by atoms with van der Waals surface area (Å²) in [6.45, 7) is 0. The van der Waals surface area contributed by atoms with Gasteiger partial charge < -0.3 is 9.47 Å². The van der Waals surface area contributed by atoms with Gasteiger partial charge in [0.25, 0.3) is 0 Å². The van der Waals surface area contributed by atoms with Gasteiger partial charge in [0.1, 0.15) is 0 Å². The average molecular weight is 411 g/mol. The van der Waals surface area contributed by atoms with Gasteiger partial charge in [0, 0.05) is 16.6 Å². The highest BCUT2D eigenvalue weighted by molar-refractivity contribution is 9.13. The number of rotatable bonds is 0. The largest absolute Gasteiger partial charge is 0.449 e. The van der Waals surface area contributed by atoms with Crippen molar-refractivity contribution in [2.75, 3.05) is 0 Å². The van der Waals surface area contributed by atoms with Gasteiger partial charge in [0.2, 0.25) is 0 Å². The van der Waals surface area contributed by atoms with Crippen LogP contribution < -0.4 is 9.47 Å². The lowest BCUT2D eigenvalue weighted by atomic mass is 10.2. The fourth-order valence-corrected chi connectivity index (χ4v) is 2.62. The molecule has 0 unspecified atom stereocenters. The van der Waals surface area contributed by atoms with Crippen LogP contribution in [-0.4, -0.2) is 0 Å². The molecule has 0 saturated heterocycles. The SMILES string of the molecule is Clc1cc2c(cc1Cl)Oc1c(ccc(Br)c1Br)O2. The molecule has 0 aliphatic carbocycles. The fourth-order valence-electron chi connectivity index (χ4n) is 1.59. The Morgan fingerprint density at radius 2 is 1.44 bits per heavy atom. The van der Waals surface area contributed by atoms with E-state index in [1.807, 2.05) is 12.1 Å². The molecule has 0 amide bonds. The van der Waals surface area contributed by atoms with Crippen molar-refractivity contribution in [3.05, 3.63) is 43.3 Å². The van der Waals surface area contributed by atoms with Crippen LogP contribution >= 0.6 is 55.1 Å². The Hall–Kier alpha value is -0.420. The van der Waals surface area contributed by atoms with E-state index in [0.717, 1.165) is 8.95 Å². The molecule has 0 aromatic heterocycles. The fraction of sp³-hybridized carbons (Fsp3) is 0. The normalized spacial score (nSPS) is 12.2. The van der Waals surface area contributed by atoms with Crippen molar-refractivity contribution in [2.45, 2.75) is 0 Å².